The smallest absolute Gasteiger partial charge is 0.330 e. The van der Waals surface area contributed by atoms with E-state index in [9.17, 15) is 9.59 Å². The Bertz CT molecular complexity index is 558. The third kappa shape index (κ3) is 3.53. The van der Waals surface area contributed by atoms with Crippen LogP contribution in [0.5, 0.6) is 0 Å². The number of hydrogen-bond acceptors (Lipinski definition) is 6. The monoisotopic (exact) mass is 304 g/mol. The molecule has 1 saturated heterocycles. The van der Waals surface area contributed by atoms with E-state index in [1.165, 1.54) is 16.8 Å². The Morgan fingerprint density at radius 2 is 2.35 bits per heavy atom. The van der Waals surface area contributed by atoms with Gasteiger partial charge in [0.2, 0.25) is 8.38 Å². The maximum Gasteiger partial charge on any atom is 0.330 e. The molecule has 2 N–H and O–H groups in total. The van der Waals surface area contributed by atoms with Crippen molar-refractivity contribution >= 4 is 8.38 Å². The van der Waals surface area contributed by atoms with Crippen LogP contribution in [-0.4, -0.2) is 34.2 Å². The maximum atomic E-state index is 11.7. The zero-order chi connectivity index (χ0) is 14.7. The van der Waals surface area contributed by atoms with Gasteiger partial charge in [-0.2, -0.15) is 4.67 Å². The van der Waals surface area contributed by atoms with Gasteiger partial charge in [0.15, 0.2) is 0 Å². The van der Waals surface area contributed by atoms with Crippen molar-refractivity contribution in [3.63, 3.8) is 0 Å². The lowest BCUT2D eigenvalue weighted by Gasteiger charge is -2.18. The van der Waals surface area contributed by atoms with Crippen LogP contribution < -0.4 is 11.2 Å². The molecule has 1 fully saturated rings. The van der Waals surface area contributed by atoms with E-state index in [-0.39, 0.29) is 18.6 Å². The lowest BCUT2D eigenvalue weighted by molar-refractivity contribution is -0.140. The molecule has 2 rings (SSSR count). The van der Waals surface area contributed by atoms with E-state index < -0.39 is 25.9 Å². The normalized spacial score (nSPS) is 27.6. The van der Waals surface area contributed by atoms with Crippen molar-refractivity contribution in [3.8, 4) is 0 Å². The fourth-order valence-electron chi connectivity index (χ4n) is 2.20. The molecule has 1 unspecified atom stereocenters. The molecule has 0 spiro atoms. The lowest BCUT2D eigenvalue weighted by atomic mass is 10.1. The number of hydrogen-bond donors (Lipinski definition) is 2. The van der Waals surface area contributed by atoms with Gasteiger partial charge in [-0.15, -0.1) is 0 Å². The molecule has 0 bridgehead atoms. The summed E-state index contributed by atoms with van der Waals surface area (Å²) in [5.74, 6) is 0.102. The molecular formula is C11H17N2O6P. The van der Waals surface area contributed by atoms with E-state index in [0.29, 0.717) is 6.42 Å². The van der Waals surface area contributed by atoms with E-state index in [2.05, 4.69) is 9.66 Å². The standard InChI is InChI=1S/C11H17N2O6P/c1-7-5-8(6-17-20(2)19-16)18-10(7)13-4-3-9(14)12-11(13)15/h3-4,7-8,10,16H,5-6H2,1-2H3,(H,12,14,15)/t7-,8-,10+,20?/m0/s1. The van der Waals surface area contributed by atoms with Crippen molar-refractivity contribution in [1.29, 1.82) is 0 Å². The van der Waals surface area contributed by atoms with E-state index in [1.54, 1.807) is 6.66 Å². The van der Waals surface area contributed by atoms with E-state index >= 15 is 0 Å². The van der Waals surface area contributed by atoms with Gasteiger partial charge in [-0.25, -0.2) is 10.1 Å². The molecule has 20 heavy (non-hydrogen) atoms. The molecule has 8 nitrogen and oxygen atoms in total. The number of aromatic nitrogens is 2. The summed E-state index contributed by atoms with van der Waals surface area (Å²) in [7, 11) is -1.33. The summed E-state index contributed by atoms with van der Waals surface area (Å²) in [6, 6.07) is 1.28. The zero-order valence-corrected chi connectivity index (χ0v) is 12.1. The molecule has 1 aliphatic rings. The molecule has 2 heterocycles. The Morgan fingerprint density at radius 3 is 3.00 bits per heavy atom. The number of nitrogens with one attached hydrogen (secondary N) is 1. The highest BCUT2D eigenvalue weighted by Gasteiger charge is 2.34. The number of rotatable bonds is 5. The molecule has 0 aliphatic carbocycles. The zero-order valence-electron chi connectivity index (χ0n) is 11.2. The van der Waals surface area contributed by atoms with Gasteiger partial charge in [0.05, 0.1) is 12.7 Å². The highest BCUT2D eigenvalue weighted by Crippen LogP contribution is 2.37. The molecular weight excluding hydrogens is 287 g/mol. The second-order valence-corrected chi connectivity index (χ2v) is 6.00. The first-order chi connectivity index (χ1) is 9.51. The Morgan fingerprint density at radius 1 is 1.60 bits per heavy atom. The molecule has 0 aromatic carbocycles. The van der Waals surface area contributed by atoms with Gasteiger partial charge in [0, 0.05) is 24.8 Å². The van der Waals surface area contributed by atoms with Crippen molar-refractivity contribution in [3.05, 3.63) is 33.1 Å². The van der Waals surface area contributed by atoms with Crippen LogP contribution in [0.4, 0.5) is 0 Å². The number of H-pyrrole nitrogens is 1. The first kappa shape index (κ1) is 15.3. The minimum absolute atomic E-state index is 0.102. The number of aromatic amines is 1. The van der Waals surface area contributed by atoms with Gasteiger partial charge in [0.25, 0.3) is 5.56 Å². The summed E-state index contributed by atoms with van der Waals surface area (Å²) < 4.78 is 16.5. The summed E-state index contributed by atoms with van der Waals surface area (Å²) in [5.41, 5.74) is -0.930. The maximum absolute atomic E-state index is 11.7. The largest absolute Gasteiger partial charge is 0.352 e. The van der Waals surface area contributed by atoms with Crippen molar-refractivity contribution in [2.24, 2.45) is 5.92 Å². The Kier molecular flexibility index (Phi) is 5.06. The topological polar surface area (TPSA) is 103 Å². The highest BCUT2D eigenvalue weighted by molar-refractivity contribution is 7.46. The molecule has 112 valence electrons. The average molecular weight is 304 g/mol. The first-order valence-corrected chi connectivity index (χ1v) is 7.79. The summed E-state index contributed by atoms with van der Waals surface area (Å²) >= 11 is 0. The van der Waals surface area contributed by atoms with Crippen LogP contribution in [0.2, 0.25) is 0 Å². The summed E-state index contributed by atoms with van der Waals surface area (Å²) in [6.07, 6.45) is 1.51. The molecule has 0 radical (unpaired) electrons. The summed E-state index contributed by atoms with van der Waals surface area (Å²) in [4.78, 5) is 25.0. The first-order valence-electron chi connectivity index (χ1n) is 6.16. The van der Waals surface area contributed by atoms with E-state index in [0.717, 1.165) is 0 Å². The molecule has 0 amide bonds. The van der Waals surface area contributed by atoms with Crippen LogP contribution in [0.25, 0.3) is 0 Å². The molecule has 1 aromatic rings. The third-order valence-electron chi connectivity index (χ3n) is 3.14. The van der Waals surface area contributed by atoms with Gasteiger partial charge in [0.1, 0.15) is 6.23 Å². The van der Waals surface area contributed by atoms with Gasteiger partial charge in [-0.05, 0) is 6.42 Å². The molecule has 9 heteroatoms. The molecule has 1 aliphatic heterocycles. The quantitative estimate of drug-likeness (QED) is 0.476. The minimum atomic E-state index is -1.33. The minimum Gasteiger partial charge on any atom is -0.352 e. The summed E-state index contributed by atoms with van der Waals surface area (Å²) in [6.45, 7) is 3.86. The second kappa shape index (κ2) is 6.60. The van der Waals surface area contributed by atoms with Gasteiger partial charge in [-0.1, -0.05) is 6.92 Å². The van der Waals surface area contributed by atoms with Crippen molar-refractivity contribution < 1.29 is 19.2 Å². The Hall–Kier alpha value is -1.05. The average Bonchev–Trinajstić information content (AvgIpc) is 2.77. The van der Waals surface area contributed by atoms with E-state index in [1.807, 2.05) is 6.92 Å². The Labute approximate surface area is 116 Å². The lowest BCUT2D eigenvalue weighted by Crippen LogP contribution is -2.33. The number of nitrogens with zero attached hydrogens (tertiary/aromatic N) is 1. The van der Waals surface area contributed by atoms with E-state index in [4.69, 9.17) is 14.5 Å². The van der Waals surface area contributed by atoms with Gasteiger partial charge >= 0.3 is 5.69 Å². The fraction of sp³-hybridized carbons (Fsp3) is 0.636. The van der Waals surface area contributed by atoms with Crippen molar-refractivity contribution in [2.75, 3.05) is 13.3 Å². The van der Waals surface area contributed by atoms with Crippen LogP contribution in [0, 0.1) is 5.92 Å². The van der Waals surface area contributed by atoms with Crippen molar-refractivity contribution in [2.45, 2.75) is 25.7 Å². The third-order valence-corrected chi connectivity index (χ3v) is 3.88. The Balaban J connectivity index is 2.03. The van der Waals surface area contributed by atoms with Gasteiger partial charge < -0.3 is 9.26 Å². The highest BCUT2D eigenvalue weighted by atomic mass is 31.2. The number of ether oxygens (including phenoxy) is 1. The molecule has 4 atom stereocenters. The van der Waals surface area contributed by atoms with Crippen LogP contribution in [-0.2, 0) is 13.9 Å². The second-order valence-electron chi connectivity index (χ2n) is 4.70. The molecule has 1 aromatic heterocycles. The summed E-state index contributed by atoms with van der Waals surface area (Å²) in [5, 5.41) is 8.44. The fourth-order valence-corrected chi connectivity index (χ4v) is 2.63. The molecule has 0 saturated carbocycles. The van der Waals surface area contributed by atoms with Crippen LogP contribution in [0.3, 0.4) is 0 Å². The SMILES string of the molecule is C[C@H]1C[C@@H](COP(C)OO)O[C@H]1n1ccc(=O)[nH]c1=O. The van der Waals surface area contributed by atoms with Gasteiger partial charge in [-0.3, -0.25) is 14.3 Å². The predicted molar refractivity (Wildman–Crippen MR) is 71.5 cm³/mol. The predicted octanol–water partition coefficient (Wildman–Crippen LogP) is 0.908. The van der Waals surface area contributed by atoms with Crippen LogP contribution in [0.1, 0.15) is 19.6 Å². The van der Waals surface area contributed by atoms with Crippen molar-refractivity contribution in [1.82, 2.24) is 9.55 Å². The van der Waals surface area contributed by atoms with Crippen LogP contribution >= 0.6 is 8.38 Å². The van der Waals surface area contributed by atoms with Crippen LogP contribution in [0.15, 0.2) is 21.9 Å².